The standard InChI is InChI=1S/C16H13ClF3NO.C2H6/c1-2-10-3-6-12(7-4-10)21-15(22)11-5-8-14(17)13(9-11)16(18,19)20;1-2/h3-9H,2H2,1H3,(H,21,22);1-2H3. The predicted molar refractivity (Wildman–Crippen MR) is 91.6 cm³/mol. The van der Waals surface area contributed by atoms with E-state index in [4.69, 9.17) is 11.6 Å². The highest BCUT2D eigenvalue weighted by atomic mass is 35.5. The molecule has 0 unspecified atom stereocenters. The van der Waals surface area contributed by atoms with Gasteiger partial charge in [-0.3, -0.25) is 4.79 Å². The van der Waals surface area contributed by atoms with Crippen LogP contribution < -0.4 is 5.32 Å². The minimum atomic E-state index is -4.60. The van der Waals surface area contributed by atoms with E-state index in [0.717, 1.165) is 24.1 Å². The van der Waals surface area contributed by atoms with Crippen LogP contribution in [0.25, 0.3) is 0 Å². The summed E-state index contributed by atoms with van der Waals surface area (Å²) in [7, 11) is 0. The first-order valence-electron chi connectivity index (χ1n) is 7.58. The van der Waals surface area contributed by atoms with Gasteiger partial charge in [-0.25, -0.2) is 0 Å². The molecule has 0 aliphatic rings. The number of carbonyl (C=O) groups is 1. The van der Waals surface area contributed by atoms with Gasteiger partial charge in [-0.2, -0.15) is 13.2 Å². The summed E-state index contributed by atoms with van der Waals surface area (Å²) < 4.78 is 38.4. The zero-order chi connectivity index (χ0) is 18.3. The molecular weight excluding hydrogens is 339 g/mol. The zero-order valence-corrected chi connectivity index (χ0v) is 14.4. The highest BCUT2D eigenvalue weighted by Gasteiger charge is 2.33. The van der Waals surface area contributed by atoms with Crippen LogP contribution in [-0.2, 0) is 12.6 Å². The molecule has 2 nitrogen and oxygen atoms in total. The summed E-state index contributed by atoms with van der Waals surface area (Å²) in [5.74, 6) is -0.619. The molecular formula is C18H19ClF3NO. The third kappa shape index (κ3) is 5.27. The van der Waals surface area contributed by atoms with Crippen molar-refractivity contribution in [1.82, 2.24) is 0 Å². The topological polar surface area (TPSA) is 29.1 Å². The van der Waals surface area contributed by atoms with Gasteiger partial charge >= 0.3 is 6.18 Å². The smallest absolute Gasteiger partial charge is 0.322 e. The largest absolute Gasteiger partial charge is 0.417 e. The maximum absolute atomic E-state index is 12.8. The predicted octanol–water partition coefficient (Wildman–Crippen LogP) is 6.20. The molecule has 0 aliphatic carbocycles. The van der Waals surface area contributed by atoms with Crippen molar-refractivity contribution in [2.75, 3.05) is 5.32 Å². The Balaban J connectivity index is 0.00000139. The first-order valence-corrected chi connectivity index (χ1v) is 7.96. The van der Waals surface area contributed by atoms with E-state index in [1.807, 2.05) is 32.9 Å². The molecule has 0 radical (unpaired) electrons. The Kier molecular flexibility index (Phi) is 7.29. The van der Waals surface area contributed by atoms with Crippen LogP contribution in [0.3, 0.4) is 0 Å². The molecule has 0 spiro atoms. The lowest BCUT2D eigenvalue weighted by molar-refractivity contribution is -0.137. The van der Waals surface area contributed by atoms with Crippen molar-refractivity contribution in [3.63, 3.8) is 0 Å². The van der Waals surface area contributed by atoms with E-state index in [0.29, 0.717) is 5.69 Å². The van der Waals surface area contributed by atoms with Gasteiger partial charge in [0, 0.05) is 11.3 Å². The number of alkyl halides is 3. The van der Waals surface area contributed by atoms with Crippen molar-refractivity contribution in [2.24, 2.45) is 0 Å². The van der Waals surface area contributed by atoms with Crippen LogP contribution in [0.2, 0.25) is 5.02 Å². The molecule has 0 heterocycles. The SMILES string of the molecule is CC.CCc1ccc(NC(=O)c2ccc(Cl)c(C(F)(F)F)c2)cc1. The van der Waals surface area contributed by atoms with E-state index < -0.39 is 22.7 Å². The molecule has 2 aromatic carbocycles. The highest BCUT2D eigenvalue weighted by molar-refractivity contribution is 6.31. The molecule has 2 aromatic rings. The first-order chi connectivity index (χ1) is 11.3. The molecule has 0 atom stereocenters. The Morgan fingerprint density at radius 3 is 2.17 bits per heavy atom. The summed E-state index contributed by atoms with van der Waals surface area (Å²) in [6.07, 6.45) is -3.74. The molecule has 0 saturated heterocycles. The highest BCUT2D eigenvalue weighted by Crippen LogP contribution is 2.35. The second-order valence-corrected chi connectivity index (χ2v) is 5.10. The number of rotatable bonds is 3. The van der Waals surface area contributed by atoms with E-state index in [-0.39, 0.29) is 5.56 Å². The second kappa shape index (κ2) is 8.73. The van der Waals surface area contributed by atoms with Crippen LogP contribution in [0.1, 0.15) is 42.3 Å². The quantitative estimate of drug-likeness (QED) is 0.696. The normalized spacial score (nSPS) is 10.6. The van der Waals surface area contributed by atoms with Crippen LogP contribution in [0, 0.1) is 0 Å². The molecule has 0 fully saturated rings. The fourth-order valence-electron chi connectivity index (χ4n) is 1.91. The number of hydrogen-bond acceptors (Lipinski definition) is 1. The van der Waals surface area contributed by atoms with Crippen molar-refractivity contribution in [2.45, 2.75) is 33.4 Å². The maximum Gasteiger partial charge on any atom is 0.417 e. The van der Waals surface area contributed by atoms with Crippen molar-refractivity contribution < 1.29 is 18.0 Å². The molecule has 6 heteroatoms. The fourth-order valence-corrected chi connectivity index (χ4v) is 2.14. The Bertz CT molecular complexity index is 682. The average molecular weight is 358 g/mol. The summed E-state index contributed by atoms with van der Waals surface area (Å²) in [6, 6.07) is 10.2. The number of carbonyl (C=O) groups excluding carboxylic acids is 1. The summed E-state index contributed by atoms with van der Waals surface area (Å²) in [4.78, 5) is 12.0. The molecule has 0 saturated carbocycles. The Hall–Kier alpha value is -2.01. The monoisotopic (exact) mass is 357 g/mol. The van der Waals surface area contributed by atoms with Gasteiger partial charge in [0.2, 0.25) is 0 Å². The third-order valence-electron chi connectivity index (χ3n) is 3.15. The number of aryl methyl sites for hydroxylation is 1. The third-order valence-corrected chi connectivity index (χ3v) is 3.48. The minimum absolute atomic E-state index is 0.101. The lowest BCUT2D eigenvalue weighted by Gasteiger charge is -2.11. The second-order valence-electron chi connectivity index (χ2n) is 4.70. The number of hydrogen-bond donors (Lipinski definition) is 1. The first kappa shape index (κ1) is 20.0. The van der Waals surface area contributed by atoms with Gasteiger partial charge in [0.15, 0.2) is 0 Å². The van der Waals surface area contributed by atoms with E-state index in [9.17, 15) is 18.0 Å². The summed E-state index contributed by atoms with van der Waals surface area (Å²) in [6.45, 7) is 6.00. The Morgan fingerprint density at radius 2 is 1.67 bits per heavy atom. The zero-order valence-electron chi connectivity index (χ0n) is 13.7. The van der Waals surface area contributed by atoms with Crippen LogP contribution in [0.4, 0.5) is 18.9 Å². The molecule has 2 rings (SSSR count). The van der Waals surface area contributed by atoms with Gasteiger partial charge in [-0.1, -0.05) is 44.5 Å². The number of nitrogens with one attached hydrogen (secondary N) is 1. The number of amides is 1. The number of anilines is 1. The van der Waals surface area contributed by atoms with Crippen molar-refractivity contribution in [3.05, 3.63) is 64.2 Å². The Morgan fingerprint density at radius 1 is 1.08 bits per heavy atom. The van der Waals surface area contributed by atoms with E-state index >= 15 is 0 Å². The van der Waals surface area contributed by atoms with Gasteiger partial charge in [-0.05, 0) is 42.3 Å². The minimum Gasteiger partial charge on any atom is -0.322 e. The molecule has 0 aromatic heterocycles. The van der Waals surface area contributed by atoms with Crippen molar-refractivity contribution >= 4 is 23.2 Å². The van der Waals surface area contributed by atoms with Crippen molar-refractivity contribution in [3.8, 4) is 0 Å². The number of halogens is 4. The summed E-state index contributed by atoms with van der Waals surface area (Å²) >= 11 is 5.53. The van der Waals surface area contributed by atoms with Gasteiger partial charge < -0.3 is 5.32 Å². The molecule has 0 aliphatic heterocycles. The van der Waals surface area contributed by atoms with E-state index in [2.05, 4.69) is 5.32 Å². The van der Waals surface area contributed by atoms with E-state index in [1.165, 1.54) is 6.07 Å². The molecule has 130 valence electrons. The summed E-state index contributed by atoms with van der Waals surface area (Å²) in [5, 5.41) is 2.12. The van der Waals surface area contributed by atoms with Crippen LogP contribution in [0.15, 0.2) is 42.5 Å². The van der Waals surface area contributed by atoms with Gasteiger partial charge in [-0.15, -0.1) is 0 Å². The summed E-state index contributed by atoms with van der Waals surface area (Å²) in [5.41, 5.74) is 0.494. The van der Waals surface area contributed by atoms with Gasteiger partial charge in [0.05, 0.1) is 10.6 Å². The van der Waals surface area contributed by atoms with E-state index in [1.54, 1.807) is 12.1 Å². The fraction of sp³-hybridized carbons (Fsp3) is 0.278. The van der Waals surface area contributed by atoms with Crippen molar-refractivity contribution in [1.29, 1.82) is 0 Å². The van der Waals surface area contributed by atoms with Gasteiger partial charge in [0.1, 0.15) is 0 Å². The molecule has 1 amide bonds. The van der Waals surface area contributed by atoms with Crippen LogP contribution in [-0.4, -0.2) is 5.91 Å². The number of benzene rings is 2. The molecule has 24 heavy (non-hydrogen) atoms. The average Bonchev–Trinajstić information content (AvgIpc) is 2.56. The van der Waals surface area contributed by atoms with Crippen LogP contribution in [0.5, 0.6) is 0 Å². The molecule has 1 N–H and O–H groups in total. The van der Waals surface area contributed by atoms with Crippen LogP contribution >= 0.6 is 11.6 Å². The van der Waals surface area contributed by atoms with Gasteiger partial charge in [0.25, 0.3) is 5.91 Å². The maximum atomic E-state index is 12.8. The lowest BCUT2D eigenvalue weighted by Crippen LogP contribution is -2.14. The Labute approximate surface area is 144 Å². The lowest BCUT2D eigenvalue weighted by atomic mass is 10.1. The molecule has 0 bridgehead atoms.